The highest BCUT2D eigenvalue weighted by atomic mass is 35.5. The molecule has 1 aromatic carbocycles. The second-order valence-electron chi connectivity index (χ2n) is 6.10. The highest BCUT2D eigenvalue weighted by Crippen LogP contribution is 2.31. The van der Waals surface area contributed by atoms with Crippen molar-refractivity contribution >= 4 is 55.0 Å². The van der Waals surface area contributed by atoms with Crippen molar-refractivity contribution in [3.8, 4) is 0 Å². The molecule has 0 saturated carbocycles. The number of benzene rings is 1. The topological polar surface area (TPSA) is 73.8 Å². The first kappa shape index (κ1) is 23.6. The van der Waals surface area contributed by atoms with Crippen LogP contribution in [0, 0.1) is 11.6 Å². The predicted octanol–water partition coefficient (Wildman–Crippen LogP) is 1.78. The van der Waals surface area contributed by atoms with E-state index in [9.17, 15) is 22.0 Å². The van der Waals surface area contributed by atoms with E-state index in [1.807, 2.05) is 19.0 Å². The molecule has 27 heavy (non-hydrogen) atoms. The van der Waals surface area contributed by atoms with Gasteiger partial charge in [-0.2, -0.15) is 4.31 Å². The first-order valence-corrected chi connectivity index (χ1v) is 10.3. The van der Waals surface area contributed by atoms with Crippen LogP contribution in [0.4, 0.5) is 13.9 Å². The Morgan fingerprint density at radius 2 is 1.81 bits per heavy atom. The maximum atomic E-state index is 13.9. The molecule has 0 N–H and O–H groups in total. The number of amides is 1. The van der Waals surface area contributed by atoms with Gasteiger partial charge in [-0.05, 0) is 20.2 Å². The van der Waals surface area contributed by atoms with Crippen molar-refractivity contribution in [2.45, 2.75) is 0 Å². The third kappa shape index (κ3) is 6.04. The molecule has 0 spiro atoms. The molecule has 1 aromatic heterocycles. The zero-order valence-corrected chi connectivity index (χ0v) is 17.7. The average molecular weight is 443 g/mol. The average Bonchev–Trinajstić information content (AvgIpc) is 2.89. The van der Waals surface area contributed by atoms with Crippen LogP contribution in [0.1, 0.15) is 0 Å². The quantitative estimate of drug-likeness (QED) is 0.653. The molecule has 0 aliphatic carbocycles. The van der Waals surface area contributed by atoms with Gasteiger partial charge in [0, 0.05) is 26.2 Å². The number of fused-ring (bicyclic) bond motifs is 1. The van der Waals surface area contributed by atoms with E-state index in [1.54, 1.807) is 0 Å². The first-order valence-electron chi connectivity index (χ1n) is 7.61. The molecule has 0 atom stereocenters. The lowest BCUT2D eigenvalue weighted by Crippen LogP contribution is -2.43. The van der Waals surface area contributed by atoms with Crippen molar-refractivity contribution in [3.05, 3.63) is 23.8 Å². The number of thiazole rings is 1. The van der Waals surface area contributed by atoms with Gasteiger partial charge < -0.3 is 4.90 Å². The summed E-state index contributed by atoms with van der Waals surface area (Å²) in [5.41, 5.74) is -0.0227. The molecule has 0 unspecified atom stereocenters. The minimum Gasteiger partial charge on any atom is -0.308 e. The van der Waals surface area contributed by atoms with E-state index in [4.69, 9.17) is 0 Å². The fourth-order valence-electron chi connectivity index (χ4n) is 2.08. The zero-order valence-electron chi connectivity index (χ0n) is 15.3. The van der Waals surface area contributed by atoms with Crippen molar-refractivity contribution in [2.24, 2.45) is 0 Å². The summed E-state index contributed by atoms with van der Waals surface area (Å²) in [6.45, 7) is 0.341. The lowest BCUT2D eigenvalue weighted by Gasteiger charge is -2.24. The van der Waals surface area contributed by atoms with Gasteiger partial charge in [0.25, 0.3) is 0 Å². The third-order valence-electron chi connectivity index (χ3n) is 3.63. The number of carbonyl (C=O) groups is 1. The van der Waals surface area contributed by atoms with Crippen LogP contribution in [0.15, 0.2) is 12.1 Å². The number of aromatic nitrogens is 1. The summed E-state index contributed by atoms with van der Waals surface area (Å²) >= 11 is 0.976. The molecule has 7 nitrogen and oxygen atoms in total. The Bertz CT molecular complexity index is 921. The van der Waals surface area contributed by atoms with Crippen LogP contribution in [0.25, 0.3) is 10.2 Å². The fraction of sp³-hybridized carbons (Fsp3) is 0.467. The third-order valence-corrected chi connectivity index (χ3v) is 5.92. The van der Waals surface area contributed by atoms with Gasteiger partial charge >= 0.3 is 0 Å². The van der Waals surface area contributed by atoms with E-state index >= 15 is 0 Å². The van der Waals surface area contributed by atoms with Crippen molar-refractivity contribution in [2.75, 3.05) is 51.9 Å². The minimum absolute atomic E-state index is 0. The lowest BCUT2D eigenvalue weighted by molar-refractivity contribution is -0.118. The summed E-state index contributed by atoms with van der Waals surface area (Å²) < 4.78 is 51.6. The SMILES string of the molecule is CN(C)CCN(C(=O)CN(C)S(C)(=O)=O)c1nc2c(F)cc(F)cc2s1.Cl. The number of hydrogen-bond acceptors (Lipinski definition) is 6. The Morgan fingerprint density at radius 1 is 1.19 bits per heavy atom. The van der Waals surface area contributed by atoms with Crippen LogP contribution in [-0.4, -0.2) is 75.5 Å². The number of anilines is 1. The van der Waals surface area contributed by atoms with Gasteiger partial charge in [-0.25, -0.2) is 22.2 Å². The Balaban J connectivity index is 0.00000364. The van der Waals surface area contributed by atoms with E-state index in [0.29, 0.717) is 6.54 Å². The molecular formula is C15H21ClF2N4O3S2. The number of rotatable bonds is 7. The molecule has 0 fully saturated rings. The van der Waals surface area contributed by atoms with Gasteiger partial charge in [0.05, 0.1) is 17.5 Å². The Hall–Kier alpha value is -1.40. The van der Waals surface area contributed by atoms with Crippen LogP contribution in [0.3, 0.4) is 0 Å². The molecule has 1 amide bonds. The maximum absolute atomic E-state index is 13.9. The highest BCUT2D eigenvalue weighted by Gasteiger charge is 2.24. The molecule has 0 aliphatic rings. The maximum Gasteiger partial charge on any atom is 0.244 e. The summed E-state index contributed by atoms with van der Waals surface area (Å²) in [7, 11) is 1.40. The van der Waals surface area contributed by atoms with Gasteiger partial charge in [-0.1, -0.05) is 11.3 Å². The second kappa shape index (κ2) is 9.20. The second-order valence-corrected chi connectivity index (χ2v) is 9.20. The van der Waals surface area contributed by atoms with Gasteiger partial charge in [-0.15, -0.1) is 12.4 Å². The number of nitrogens with zero attached hydrogens (tertiary/aromatic N) is 4. The molecule has 2 aromatic rings. The molecule has 0 radical (unpaired) electrons. The summed E-state index contributed by atoms with van der Waals surface area (Å²) in [4.78, 5) is 19.9. The van der Waals surface area contributed by atoms with Crippen LogP contribution < -0.4 is 4.90 Å². The first-order chi connectivity index (χ1) is 12.0. The lowest BCUT2D eigenvalue weighted by atomic mass is 10.3. The summed E-state index contributed by atoms with van der Waals surface area (Å²) in [5, 5.41) is 0.193. The highest BCUT2D eigenvalue weighted by molar-refractivity contribution is 7.88. The van der Waals surface area contributed by atoms with E-state index in [1.165, 1.54) is 11.9 Å². The van der Waals surface area contributed by atoms with Crippen LogP contribution in [0.5, 0.6) is 0 Å². The van der Waals surface area contributed by atoms with Gasteiger partial charge in [-0.3, -0.25) is 9.69 Å². The molecule has 0 bridgehead atoms. The summed E-state index contributed by atoms with van der Waals surface area (Å²) in [5.74, 6) is -2.04. The molecule has 0 saturated heterocycles. The normalized spacial score (nSPS) is 11.9. The van der Waals surface area contributed by atoms with Gasteiger partial charge in [0.1, 0.15) is 11.3 Å². The molecular weight excluding hydrogens is 422 g/mol. The Morgan fingerprint density at radius 3 is 2.37 bits per heavy atom. The standard InChI is InChI=1S/C15H20F2N4O3S2.ClH/c1-19(2)5-6-21(13(22)9-20(3)26(4,23)24)15-18-14-11(17)7-10(16)8-12(14)25-15;/h7-8H,5-6,9H2,1-4H3;1H. The van der Waals surface area contributed by atoms with Gasteiger partial charge in [0.2, 0.25) is 15.9 Å². The van der Waals surface area contributed by atoms with Crippen LogP contribution in [0.2, 0.25) is 0 Å². The van der Waals surface area contributed by atoms with E-state index < -0.39 is 27.6 Å². The Labute approximate surface area is 167 Å². The van der Waals surface area contributed by atoms with Gasteiger partial charge in [0.15, 0.2) is 10.9 Å². The summed E-state index contributed by atoms with van der Waals surface area (Å²) in [6.07, 6.45) is 1.00. The molecule has 152 valence electrons. The zero-order chi connectivity index (χ0) is 19.6. The molecule has 1 heterocycles. The molecule has 12 heteroatoms. The fourth-order valence-corrected chi connectivity index (χ4v) is 3.47. The molecule has 2 rings (SSSR count). The van der Waals surface area contributed by atoms with Crippen molar-refractivity contribution in [1.29, 1.82) is 0 Å². The van der Waals surface area contributed by atoms with Crippen LogP contribution in [-0.2, 0) is 14.8 Å². The number of sulfonamides is 1. The number of halogens is 3. The van der Waals surface area contributed by atoms with Crippen molar-refractivity contribution in [1.82, 2.24) is 14.2 Å². The monoisotopic (exact) mass is 442 g/mol. The smallest absolute Gasteiger partial charge is 0.244 e. The number of likely N-dealkylation sites (N-methyl/N-ethyl adjacent to an activating group) is 2. The summed E-state index contributed by atoms with van der Waals surface area (Å²) in [6, 6.07) is 1.88. The number of hydrogen-bond donors (Lipinski definition) is 0. The van der Waals surface area contributed by atoms with E-state index in [2.05, 4.69) is 4.98 Å². The van der Waals surface area contributed by atoms with E-state index in [-0.39, 0.29) is 40.8 Å². The minimum atomic E-state index is -3.53. The Kier molecular flexibility index (Phi) is 8.05. The predicted molar refractivity (Wildman–Crippen MR) is 105 cm³/mol. The molecule has 0 aliphatic heterocycles. The number of carbonyl (C=O) groups excluding carboxylic acids is 1. The van der Waals surface area contributed by atoms with Crippen LogP contribution >= 0.6 is 23.7 Å². The van der Waals surface area contributed by atoms with Crippen molar-refractivity contribution < 1.29 is 22.0 Å². The van der Waals surface area contributed by atoms with E-state index in [0.717, 1.165) is 34.0 Å². The largest absolute Gasteiger partial charge is 0.308 e. The van der Waals surface area contributed by atoms with Crippen molar-refractivity contribution in [3.63, 3.8) is 0 Å².